The van der Waals surface area contributed by atoms with Crippen LogP contribution in [0.25, 0.3) is 0 Å². The predicted molar refractivity (Wildman–Crippen MR) is 143 cm³/mol. The Hall–Kier alpha value is -0.860. The van der Waals surface area contributed by atoms with E-state index < -0.39 is 0 Å². The Bertz CT molecular complexity index is 387. The molecule has 0 rings (SSSR count). The number of hydrogen-bond donors (Lipinski definition) is 0. The lowest BCUT2D eigenvalue weighted by atomic mass is 9.90. The molecule has 3 heteroatoms. The third-order valence-electron chi connectivity index (χ3n) is 6.90. The number of rotatable bonds is 27. The fourth-order valence-electron chi connectivity index (χ4n) is 4.69. The molecule has 0 aliphatic carbocycles. The molecule has 0 saturated heterocycles. The summed E-state index contributed by atoms with van der Waals surface area (Å²) in [4.78, 5) is 22.0. The summed E-state index contributed by atoms with van der Waals surface area (Å²) < 4.78 is 5.32. The second-order valence-electron chi connectivity index (χ2n) is 10.2. The number of unbranched alkanes of at least 4 members (excludes halogenated alkanes) is 16. The zero-order chi connectivity index (χ0) is 24.2. The van der Waals surface area contributed by atoms with Crippen molar-refractivity contribution in [2.75, 3.05) is 6.61 Å². The van der Waals surface area contributed by atoms with Gasteiger partial charge in [-0.05, 0) is 25.2 Å². The van der Waals surface area contributed by atoms with Crippen LogP contribution in [0.2, 0.25) is 0 Å². The number of carbonyl (C=O) groups excluding carboxylic acids is 2. The van der Waals surface area contributed by atoms with Gasteiger partial charge in [-0.25, -0.2) is 0 Å². The molecule has 0 bridgehead atoms. The van der Waals surface area contributed by atoms with E-state index in [2.05, 4.69) is 13.8 Å². The molecule has 0 aromatic carbocycles. The van der Waals surface area contributed by atoms with E-state index in [0.29, 0.717) is 25.9 Å². The zero-order valence-electron chi connectivity index (χ0n) is 22.6. The fourth-order valence-corrected chi connectivity index (χ4v) is 4.69. The summed E-state index contributed by atoms with van der Waals surface area (Å²) in [5, 5.41) is 0. The molecule has 0 heterocycles. The van der Waals surface area contributed by atoms with Crippen LogP contribution in [0, 0.1) is 5.92 Å². The Morgan fingerprint density at radius 3 is 1.48 bits per heavy atom. The SMILES string of the molecule is CCCCCCCCCCC(CCCCCCCCCC)CCCCOC(=O)CCCC=O. The largest absolute Gasteiger partial charge is 0.466 e. The third kappa shape index (κ3) is 25.6. The molecule has 0 atom stereocenters. The monoisotopic (exact) mass is 466 g/mol. The van der Waals surface area contributed by atoms with Crippen LogP contribution in [-0.4, -0.2) is 18.9 Å². The third-order valence-corrected chi connectivity index (χ3v) is 6.90. The van der Waals surface area contributed by atoms with E-state index in [1.54, 1.807) is 0 Å². The van der Waals surface area contributed by atoms with Gasteiger partial charge in [-0.15, -0.1) is 0 Å². The van der Waals surface area contributed by atoms with Crippen molar-refractivity contribution >= 4 is 12.3 Å². The van der Waals surface area contributed by atoms with Crippen molar-refractivity contribution in [3.05, 3.63) is 0 Å². The quantitative estimate of drug-likeness (QED) is 0.0687. The lowest BCUT2D eigenvalue weighted by Crippen LogP contribution is -2.07. The second kappa shape index (κ2) is 27.4. The van der Waals surface area contributed by atoms with Crippen molar-refractivity contribution in [2.24, 2.45) is 5.92 Å². The molecule has 0 aliphatic rings. The van der Waals surface area contributed by atoms with Crippen molar-refractivity contribution in [1.82, 2.24) is 0 Å². The molecule has 196 valence electrons. The molecule has 3 nitrogen and oxygen atoms in total. The van der Waals surface area contributed by atoms with Gasteiger partial charge in [0.15, 0.2) is 0 Å². The molecule has 33 heavy (non-hydrogen) atoms. The van der Waals surface area contributed by atoms with Crippen molar-refractivity contribution in [3.63, 3.8) is 0 Å². The number of carbonyl (C=O) groups is 2. The normalized spacial score (nSPS) is 11.2. The van der Waals surface area contributed by atoms with E-state index in [0.717, 1.165) is 18.6 Å². The Labute approximate surface area is 207 Å². The molecule has 0 unspecified atom stereocenters. The summed E-state index contributed by atoms with van der Waals surface area (Å²) in [6.07, 6.45) is 30.9. The molecule has 0 aliphatic heterocycles. The van der Waals surface area contributed by atoms with Crippen molar-refractivity contribution in [2.45, 2.75) is 168 Å². The van der Waals surface area contributed by atoms with Gasteiger partial charge in [-0.2, -0.15) is 0 Å². The minimum atomic E-state index is -0.147. The van der Waals surface area contributed by atoms with Gasteiger partial charge in [-0.3, -0.25) is 4.79 Å². The Morgan fingerprint density at radius 2 is 1.03 bits per heavy atom. The van der Waals surface area contributed by atoms with Crippen molar-refractivity contribution in [1.29, 1.82) is 0 Å². The van der Waals surface area contributed by atoms with Gasteiger partial charge in [0.25, 0.3) is 0 Å². The molecule has 0 amide bonds. The van der Waals surface area contributed by atoms with Crippen molar-refractivity contribution in [3.8, 4) is 0 Å². The highest BCUT2D eigenvalue weighted by Crippen LogP contribution is 2.24. The maximum atomic E-state index is 11.6. The first-order chi connectivity index (χ1) is 16.2. The van der Waals surface area contributed by atoms with E-state index in [9.17, 15) is 9.59 Å². The van der Waals surface area contributed by atoms with Crippen LogP contribution in [0.5, 0.6) is 0 Å². The van der Waals surface area contributed by atoms with Crippen LogP contribution in [-0.2, 0) is 14.3 Å². The second-order valence-corrected chi connectivity index (χ2v) is 10.2. The Morgan fingerprint density at radius 1 is 0.606 bits per heavy atom. The van der Waals surface area contributed by atoms with Gasteiger partial charge < -0.3 is 9.53 Å². The lowest BCUT2D eigenvalue weighted by molar-refractivity contribution is -0.143. The summed E-state index contributed by atoms with van der Waals surface area (Å²) >= 11 is 0. The fraction of sp³-hybridized carbons (Fsp3) is 0.933. The maximum absolute atomic E-state index is 11.6. The Balaban J connectivity index is 3.95. The van der Waals surface area contributed by atoms with Crippen LogP contribution in [0.1, 0.15) is 168 Å². The first-order valence-electron chi connectivity index (χ1n) is 14.8. The van der Waals surface area contributed by atoms with Gasteiger partial charge in [0.1, 0.15) is 6.29 Å². The van der Waals surface area contributed by atoms with Gasteiger partial charge in [0.2, 0.25) is 0 Å². The summed E-state index contributed by atoms with van der Waals surface area (Å²) in [5.41, 5.74) is 0. The van der Waals surface area contributed by atoms with Crippen LogP contribution in [0.3, 0.4) is 0 Å². The topological polar surface area (TPSA) is 43.4 Å². The summed E-state index contributed by atoms with van der Waals surface area (Å²) in [6.45, 7) is 5.11. The average Bonchev–Trinajstić information content (AvgIpc) is 2.81. The molecule has 0 N–H and O–H groups in total. The highest BCUT2D eigenvalue weighted by molar-refractivity contribution is 5.69. The van der Waals surface area contributed by atoms with Crippen LogP contribution < -0.4 is 0 Å². The van der Waals surface area contributed by atoms with E-state index in [-0.39, 0.29) is 5.97 Å². The molecule has 0 saturated carbocycles. The van der Waals surface area contributed by atoms with Crippen LogP contribution in [0.15, 0.2) is 0 Å². The first-order valence-corrected chi connectivity index (χ1v) is 14.8. The van der Waals surface area contributed by atoms with E-state index in [4.69, 9.17) is 4.74 Å². The number of hydrogen-bond acceptors (Lipinski definition) is 3. The van der Waals surface area contributed by atoms with E-state index >= 15 is 0 Å². The molecule has 0 spiro atoms. The average molecular weight is 467 g/mol. The van der Waals surface area contributed by atoms with Gasteiger partial charge >= 0.3 is 5.97 Å². The molecular weight excluding hydrogens is 408 g/mol. The Kier molecular flexibility index (Phi) is 26.7. The minimum Gasteiger partial charge on any atom is -0.466 e. The number of ether oxygens (including phenoxy) is 1. The van der Waals surface area contributed by atoms with E-state index in [1.807, 2.05) is 0 Å². The smallest absolute Gasteiger partial charge is 0.305 e. The van der Waals surface area contributed by atoms with Crippen molar-refractivity contribution < 1.29 is 14.3 Å². The predicted octanol–water partition coefficient (Wildman–Crippen LogP) is 9.75. The van der Waals surface area contributed by atoms with Gasteiger partial charge in [-0.1, -0.05) is 136 Å². The summed E-state index contributed by atoms with van der Waals surface area (Å²) in [6, 6.07) is 0. The van der Waals surface area contributed by atoms with Crippen LogP contribution in [0.4, 0.5) is 0 Å². The van der Waals surface area contributed by atoms with Gasteiger partial charge in [0, 0.05) is 12.8 Å². The number of esters is 1. The molecule has 0 aromatic rings. The first kappa shape index (κ1) is 32.1. The summed E-state index contributed by atoms with van der Waals surface area (Å²) in [7, 11) is 0. The standard InChI is InChI=1S/C30H58O3/c1-3-5-7-9-11-13-15-17-23-29(24-18-16-14-12-10-8-6-4-2)25-20-22-28-33-30(32)26-19-21-27-31/h27,29H,3-26,28H2,1-2H3. The lowest BCUT2D eigenvalue weighted by Gasteiger charge is -2.17. The highest BCUT2D eigenvalue weighted by Gasteiger charge is 2.09. The molecule has 0 fully saturated rings. The maximum Gasteiger partial charge on any atom is 0.305 e. The van der Waals surface area contributed by atoms with Gasteiger partial charge in [0.05, 0.1) is 6.61 Å². The molecule has 0 radical (unpaired) electrons. The van der Waals surface area contributed by atoms with E-state index in [1.165, 1.54) is 128 Å². The summed E-state index contributed by atoms with van der Waals surface area (Å²) in [5.74, 6) is 0.708. The molecular formula is C30H58O3. The highest BCUT2D eigenvalue weighted by atomic mass is 16.5. The minimum absolute atomic E-state index is 0.147. The van der Waals surface area contributed by atoms with Crippen LogP contribution >= 0.6 is 0 Å². The zero-order valence-corrected chi connectivity index (χ0v) is 22.6. The molecule has 0 aromatic heterocycles. The number of aldehydes is 1.